The Morgan fingerprint density at radius 2 is 2.00 bits per heavy atom. The molecule has 2 aromatic heterocycles. The number of aryl methyl sites for hydroxylation is 2. The van der Waals surface area contributed by atoms with Crippen LogP contribution in [-0.4, -0.2) is 55.4 Å². The van der Waals surface area contributed by atoms with Crippen molar-refractivity contribution in [1.82, 2.24) is 25.0 Å². The lowest BCUT2D eigenvalue weighted by Gasteiger charge is -2.27. The van der Waals surface area contributed by atoms with E-state index in [1.54, 1.807) is 17.0 Å². The number of nitrogens with zero attached hydrogens (tertiary/aromatic N) is 4. The molecule has 6 rings (SSSR count). The fourth-order valence-electron chi connectivity index (χ4n) is 5.68. The van der Waals surface area contributed by atoms with Gasteiger partial charge < -0.3 is 20.3 Å². The molecule has 1 saturated heterocycles. The number of ether oxygens (including phenoxy) is 1. The minimum atomic E-state index is -0.626. The number of anilines is 1. The number of piperidine rings is 1. The van der Waals surface area contributed by atoms with Crippen LogP contribution in [0, 0.1) is 19.3 Å². The van der Waals surface area contributed by atoms with E-state index in [-0.39, 0.29) is 47.8 Å². The molecule has 38 heavy (non-hydrogen) atoms. The fourth-order valence-corrected chi connectivity index (χ4v) is 5.68. The van der Waals surface area contributed by atoms with Crippen LogP contribution in [0.1, 0.15) is 54.0 Å². The van der Waals surface area contributed by atoms with E-state index in [0.29, 0.717) is 28.9 Å². The van der Waals surface area contributed by atoms with Gasteiger partial charge in [0.1, 0.15) is 29.8 Å². The Balaban J connectivity index is 1.30. The molecule has 2 aliphatic heterocycles. The van der Waals surface area contributed by atoms with Crippen molar-refractivity contribution < 1.29 is 23.9 Å². The van der Waals surface area contributed by atoms with Gasteiger partial charge in [-0.25, -0.2) is 9.78 Å². The van der Waals surface area contributed by atoms with Gasteiger partial charge in [-0.3, -0.25) is 19.1 Å². The van der Waals surface area contributed by atoms with Crippen LogP contribution in [0.25, 0.3) is 10.9 Å². The maximum Gasteiger partial charge on any atom is 0.412 e. The van der Waals surface area contributed by atoms with E-state index in [0.717, 1.165) is 23.2 Å². The minimum Gasteiger partial charge on any atom is -0.410 e. The van der Waals surface area contributed by atoms with E-state index in [1.807, 2.05) is 26.0 Å². The lowest BCUT2D eigenvalue weighted by molar-refractivity contribution is -0.138. The van der Waals surface area contributed by atoms with Crippen molar-refractivity contribution in [1.29, 1.82) is 0 Å². The van der Waals surface area contributed by atoms with Crippen molar-refractivity contribution in [2.45, 2.75) is 65.7 Å². The highest BCUT2D eigenvalue weighted by atomic mass is 16.6. The quantitative estimate of drug-likeness (QED) is 0.498. The summed E-state index contributed by atoms with van der Waals surface area (Å²) in [7, 11) is 0. The van der Waals surface area contributed by atoms with E-state index in [1.165, 1.54) is 11.6 Å². The van der Waals surface area contributed by atoms with Crippen LogP contribution in [0.4, 0.5) is 10.6 Å². The Bertz CT molecular complexity index is 1560. The lowest BCUT2D eigenvalue weighted by Crippen LogP contribution is -2.47. The van der Waals surface area contributed by atoms with Crippen LogP contribution in [0.3, 0.4) is 0 Å². The number of rotatable bonds is 5. The molecule has 3 aromatic rings. The Morgan fingerprint density at radius 1 is 1.21 bits per heavy atom. The van der Waals surface area contributed by atoms with Crippen LogP contribution in [0.2, 0.25) is 0 Å². The largest absolute Gasteiger partial charge is 0.412 e. The second kappa shape index (κ2) is 8.37. The van der Waals surface area contributed by atoms with Gasteiger partial charge in [-0.15, -0.1) is 0 Å². The number of likely N-dealkylation sites (tertiary alicyclic amines) is 1. The number of hydrogen-bond donors (Lipinski definition) is 2. The van der Waals surface area contributed by atoms with E-state index in [2.05, 4.69) is 27.6 Å². The van der Waals surface area contributed by atoms with Gasteiger partial charge >= 0.3 is 6.09 Å². The third-order valence-electron chi connectivity index (χ3n) is 7.88. The number of fused-ring (bicyclic) bond motifs is 3. The summed E-state index contributed by atoms with van der Waals surface area (Å²) in [6.45, 7) is 7.37. The molecule has 2 N–H and O–H groups in total. The zero-order chi connectivity index (χ0) is 26.9. The Labute approximate surface area is 218 Å². The number of amides is 3. The summed E-state index contributed by atoms with van der Waals surface area (Å²) in [5.41, 5.74) is 3.03. The first-order valence-electron chi connectivity index (χ1n) is 12.6. The van der Waals surface area contributed by atoms with Crippen molar-refractivity contribution in [3.8, 4) is 5.75 Å². The number of Topliss-reactive ketones (excluding diaryl/α,β-unsaturated/α-hetero) is 1. The van der Waals surface area contributed by atoms with Gasteiger partial charge in [0.05, 0.1) is 5.52 Å². The molecule has 1 aromatic carbocycles. The Kier molecular flexibility index (Phi) is 5.30. The number of ketones is 1. The van der Waals surface area contributed by atoms with Crippen molar-refractivity contribution >= 4 is 40.4 Å². The smallest absolute Gasteiger partial charge is 0.410 e. The van der Waals surface area contributed by atoms with Gasteiger partial charge in [-0.1, -0.05) is 13.0 Å². The van der Waals surface area contributed by atoms with E-state index in [4.69, 9.17) is 4.74 Å². The summed E-state index contributed by atoms with van der Waals surface area (Å²) < 4.78 is 6.76. The van der Waals surface area contributed by atoms with Crippen molar-refractivity contribution in [2.75, 3.05) is 5.32 Å². The molecule has 3 aliphatic rings. The summed E-state index contributed by atoms with van der Waals surface area (Å²) in [6, 6.07) is 6.53. The van der Waals surface area contributed by atoms with Gasteiger partial charge in [-0.2, -0.15) is 5.10 Å². The van der Waals surface area contributed by atoms with Gasteiger partial charge in [0, 0.05) is 36.2 Å². The second-order valence-electron chi connectivity index (χ2n) is 10.8. The average molecular weight is 517 g/mol. The van der Waals surface area contributed by atoms with Crippen molar-refractivity contribution in [2.24, 2.45) is 5.41 Å². The van der Waals surface area contributed by atoms with Crippen LogP contribution in [-0.2, 0) is 22.7 Å². The Morgan fingerprint density at radius 3 is 2.76 bits per heavy atom. The molecule has 0 unspecified atom stereocenters. The molecule has 2 fully saturated rings. The van der Waals surface area contributed by atoms with Crippen LogP contribution in [0.5, 0.6) is 5.75 Å². The summed E-state index contributed by atoms with van der Waals surface area (Å²) in [6.07, 6.45) is 0.849. The SMILES string of the molecule is CC(=O)c1nn(CC(=O)N2[C@H](C(=O)Nc3nc(C)ccc3C)C[C@@]3(C)C[C@@H]23)c2cc3c(cc12)OC(=O)NC3. The monoisotopic (exact) mass is 516 g/mol. The predicted octanol–water partition coefficient (Wildman–Crippen LogP) is 2.87. The molecule has 196 valence electrons. The number of carbonyl (C=O) groups excluding carboxylic acids is 4. The molecule has 0 bridgehead atoms. The summed E-state index contributed by atoms with van der Waals surface area (Å²) in [5.74, 6) is 0.0865. The first-order chi connectivity index (χ1) is 18.0. The lowest BCUT2D eigenvalue weighted by atomic mass is 10.0. The molecule has 3 atom stereocenters. The molecule has 0 radical (unpaired) electrons. The molecule has 1 aliphatic carbocycles. The second-order valence-corrected chi connectivity index (χ2v) is 10.8. The number of pyridine rings is 1. The molecule has 4 heterocycles. The average Bonchev–Trinajstić information content (AvgIpc) is 3.23. The highest BCUT2D eigenvalue weighted by Gasteiger charge is 2.64. The van der Waals surface area contributed by atoms with Crippen molar-refractivity contribution in [3.05, 3.63) is 46.8 Å². The molecular formula is C27H28N6O5. The topological polar surface area (TPSA) is 136 Å². The van der Waals surface area contributed by atoms with Crippen molar-refractivity contribution in [3.63, 3.8) is 0 Å². The molecule has 3 amide bonds. The summed E-state index contributed by atoms with van der Waals surface area (Å²) >= 11 is 0. The fraction of sp³-hybridized carbons (Fsp3) is 0.407. The maximum atomic E-state index is 13.7. The third kappa shape index (κ3) is 3.89. The molecule has 0 spiro atoms. The first-order valence-corrected chi connectivity index (χ1v) is 12.6. The zero-order valence-corrected chi connectivity index (χ0v) is 21.6. The maximum absolute atomic E-state index is 13.7. The Hall–Kier alpha value is -4.28. The zero-order valence-electron chi connectivity index (χ0n) is 21.6. The number of carbonyl (C=O) groups is 4. The van der Waals surface area contributed by atoms with Crippen LogP contribution in [0.15, 0.2) is 24.3 Å². The molecule has 1 saturated carbocycles. The van der Waals surface area contributed by atoms with Gasteiger partial charge in [0.2, 0.25) is 11.8 Å². The van der Waals surface area contributed by atoms with E-state index in [9.17, 15) is 19.2 Å². The number of hydrogen-bond acceptors (Lipinski definition) is 7. The highest BCUT2D eigenvalue weighted by molar-refractivity contribution is 6.06. The van der Waals surface area contributed by atoms with Gasteiger partial charge in [-0.05, 0) is 55.9 Å². The van der Waals surface area contributed by atoms with Crippen LogP contribution >= 0.6 is 0 Å². The minimum absolute atomic E-state index is 0.0252. The first kappa shape index (κ1) is 24.1. The van der Waals surface area contributed by atoms with E-state index >= 15 is 0 Å². The normalized spacial score (nSPS) is 23.4. The molecule has 11 heteroatoms. The number of nitrogens with one attached hydrogen (secondary N) is 2. The van der Waals surface area contributed by atoms with E-state index < -0.39 is 12.1 Å². The summed E-state index contributed by atoms with van der Waals surface area (Å²) in [4.78, 5) is 57.3. The standard InChI is InChI=1S/C27H28N6O5/c1-13-5-6-14(2)29-24(13)30-25(36)19-9-27(4)10-21(27)33(19)22(35)12-32-18-7-16-11-28-26(37)38-20(16)8-17(18)23(31-32)15(3)34/h5-8,19,21H,9-12H2,1-4H3,(H,28,37)(H,29,30,36)/t19-,21+,27-/m0/s1. The van der Waals surface area contributed by atoms with Crippen LogP contribution < -0.4 is 15.4 Å². The molecular weight excluding hydrogens is 488 g/mol. The number of aromatic nitrogens is 3. The molecule has 11 nitrogen and oxygen atoms in total. The third-order valence-corrected chi connectivity index (χ3v) is 7.88. The summed E-state index contributed by atoms with van der Waals surface area (Å²) in [5, 5.41) is 10.5. The predicted molar refractivity (Wildman–Crippen MR) is 137 cm³/mol. The number of benzene rings is 1. The van der Waals surface area contributed by atoms with Gasteiger partial charge in [0.15, 0.2) is 5.78 Å². The van der Waals surface area contributed by atoms with Gasteiger partial charge in [0.25, 0.3) is 0 Å². The highest BCUT2D eigenvalue weighted by Crippen LogP contribution is 2.59.